The van der Waals surface area contributed by atoms with Crippen molar-refractivity contribution in [2.24, 2.45) is 5.92 Å². The van der Waals surface area contributed by atoms with Gasteiger partial charge in [0.15, 0.2) is 0 Å². The van der Waals surface area contributed by atoms with Crippen molar-refractivity contribution >= 4 is 11.9 Å². The molecule has 0 radical (unpaired) electrons. The number of hydrogen-bond acceptors (Lipinski definition) is 3. The lowest BCUT2D eigenvalue weighted by Crippen LogP contribution is -2.55. The first kappa shape index (κ1) is 17.2. The number of aliphatic carboxylic acids is 1. The highest BCUT2D eigenvalue weighted by Gasteiger charge is 2.42. The first-order chi connectivity index (χ1) is 12.0. The van der Waals surface area contributed by atoms with Gasteiger partial charge >= 0.3 is 5.97 Å². The molecular formula is C19H23N3O3. The number of carbonyl (C=O) groups excluding carboxylic acids is 1. The molecule has 2 unspecified atom stereocenters. The highest BCUT2D eigenvalue weighted by molar-refractivity contribution is 5.81. The van der Waals surface area contributed by atoms with E-state index < -0.39 is 17.4 Å². The van der Waals surface area contributed by atoms with Crippen LogP contribution in [0.2, 0.25) is 0 Å². The van der Waals surface area contributed by atoms with Gasteiger partial charge in [-0.1, -0.05) is 25.0 Å². The number of carboxylic acid groups (broad SMARTS) is 1. The fraction of sp³-hybridized carbons (Fsp3) is 0.421. The maximum Gasteiger partial charge on any atom is 0.308 e. The molecule has 1 fully saturated rings. The van der Waals surface area contributed by atoms with Crippen LogP contribution in [0.1, 0.15) is 38.2 Å². The number of nitrogens with zero attached hydrogens (tertiary/aromatic N) is 2. The zero-order chi connectivity index (χ0) is 17.9. The molecule has 1 aromatic heterocycles. The van der Waals surface area contributed by atoms with Gasteiger partial charge in [0.2, 0.25) is 5.91 Å². The van der Waals surface area contributed by atoms with Gasteiger partial charge in [0.05, 0.1) is 23.6 Å². The number of rotatable bonds is 5. The van der Waals surface area contributed by atoms with Gasteiger partial charge in [0.1, 0.15) is 0 Å². The van der Waals surface area contributed by atoms with Crippen molar-refractivity contribution in [3.63, 3.8) is 0 Å². The summed E-state index contributed by atoms with van der Waals surface area (Å²) in [7, 11) is 0. The Kier molecular flexibility index (Phi) is 4.88. The Bertz CT molecular complexity index is 740. The molecule has 1 aliphatic rings. The largest absolute Gasteiger partial charge is 0.481 e. The van der Waals surface area contributed by atoms with E-state index in [-0.39, 0.29) is 12.3 Å². The maximum absolute atomic E-state index is 12.4. The van der Waals surface area contributed by atoms with Crippen molar-refractivity contribution in [2.75, 3.05) is 0 Å². The molecule has 1 aliphatic carbocycles. The Morgan fingerprint density at radius 1 is 1.32 bits per heavy atom. The zero-order valence-electron chi connectivity index (χ0n) is 14.3. The molecule has 0 saturated heterocycles. The van der Waals surface area contributed by atoms with Gasteiger partial charge in [-0.3, -0.25) is 9.59 Å². The van der Waals surface area contributed by atoms with Crippen LogP contribution in [0.3, 0.4) is 0 Å². The fourth-order valence-electron chi connectivity index (χ4n) is 3.62. The van der Waals surface area contributed by atoms with E-state index in [2.05, 4.69) is 10.4 Å². The molecule has 3 rings (SSSR count). The van der Waals surface area contributed by atoms with Crippen LogP contribution in [-0.4, -0.2) is 32.3 Å². The minimum absolute atomic E-state index is 0.137. The fourth-order valence-corrected chi connectivity index (χ4v) is 3.62. The molecule has 6 heteroatoms. The third-order valence-corrected chi connectivity index (χ3v) is 5.00. The molecule has 0 bridgehead atoms. The van der Waals surface area contributed by atoms with E-state index in [1.807, 2.05) is 43.5 Å². The zero-order valence-corrected chi connectivity index (χ0v) is 14.3. The van der Waals surface area contributed by atoms with E-state index in [0.29, 0.717) is 12.8 Å². The van der Waals surface area contributed by atoms with E-state index in [4.69, 9.17) is 0 Å². The first-order valence-electron chi connectivity index (χ1n) is 8.61. The van der Waals surface area contributed by atoms with Crippen molar-refractivity contribution in [1.29, 1.82) is 0 Å². The lowest BCUT2D eigenvalue weighted by Gasteiger charge is -2.39. The van der Waals surface area contributed by atoms with Crippen LogP contribution >= 0.6 is 0 Å². The Labute approximate surface area is 146 Å². The molecule has 2 N–H and O–H groups in total. The van der Waals surface area contributed by atoms with E-state index in [0.717, 1.165) is 24.1 Å². The van der Waals surface area contributed by atoms with E-state index in [1.165, 1.54) is 0 Å². The summed E-state index contributed by atoms with van der Waals surface area (Å²) in [6, 6.07) is 9.48. The summed E-state index contributed by atoms with van der Waals surface area (Å²) in [5.41, 5.74) is 1.15. The third kappa shape index (κ3) is 3.90. The van der Waals surface area contributed by atoms with Crippen LogP contribution in [0.25, 0.3) is 5.69 Å². The second kappa shape index (κ2) is 7.09. The minimum atomic E-state index is -0.828. The Morgan fingerprint density at radius 2 is 2.08 bits per heavy atom. The lowest BCUT2D eigenvalue weighted by molar-refractivity contribution is -0.146. The summed E-state index contributed by atoms with van der Waals surface area (Å²) in [6.07, 6.45) is 6.97. The second-order valence-corrected chi connectivity index (χ2v) is 6.90. The summed E-state index contributed by atoms with van der Waals surface area (Å²) in [5.74, 6) is -1.49. The topological polar surface area (TPSA) is 84.2 Å². The van der Waals surface area contributed by atoms with Gasteiger partial charge in [0.25, 0.3) is 0 Å². The summed E-state index contributed by atoms with van der Waals surface area (Å²) >= 11 is 0. The van der Waals surface area contributed by atoms with E-state index in [1.54, 1.807) is 10.9 Å². The van der Waals surface area contributed by atoms with Crippen molar-refractivity contribution in [3.8, 4) is 5.69 Å². The van der Waals surface area contributed by atoms with Gasteiger partial charge in [-0.15, -0.1) is 0 Å². The number of benzene rings is 1. The number of carbonyl (C=O) groups is 2. The molecule has 132 valence electrons. The molecule has 1 aromatic carbocycles. The molecule has 2 aromatic rings. The smallest absolute Gasteiger partial charge is 0.308 e. The number of hydrogen-bond donors (Lipinski definition) is 2. The van der Waals surface area contributed by atoms with Crippen LogP contribution in [0.15, 0.2) is 42.7 Å². The summed E-state index contributed by atoms with van der Waals surface area (Å²) < 4.78 is 1.75. The Morgan fingerprint density at radius 3 is 2.72 bits per heavy atom. The minimum Gasteiger partial charge on any atom is -0.481 e. The average molecular weight is 341 g/mol. The summed E-state index contributed by atoms with van der Waals surface area (Å²) in [6.45, 7) is 1.85. The summed E-state index contributed by atoms with van der Waals surface area (Å²) in [5, 5.41) is 16.6. The Balaban J connectivity index is 1.64. The number of aromatic nitrogens is 2. The molecule has 1 amide bonds. The summed E-state index contributed by atoms with van der Waals surface area (Å²) in [4.78, 5) is 23.9. The molecule has 25 heavy (non-hydrogen) atoms. The van der Waals surface area contributed by atoms with Gasteiger partial charge < -0.3 is 10.4 Å². The monoisotopic (exact) mass is 341 g/mol. The molecular weight excluding hydrogens is 318 g/mol. The van der Waals surface area contributed by atoms with Crippen LogP contribution in [0.5, 0.6) is 0 Å². The van der Waals surface area contributed by atoms with Crippen LogP contribution in [0, 0.1) is 5.92 Å². The van der Waals surface area contributed by atoms with Gasteiger partial charge in [-0.2, -0.15) is 5.10 Å². The molecule has 2 atom stereocenters. The molecule has 6 nitrogen and oxygen atoms in total. The van der Waals surface area contributed by atoms with Gasteiger partial charge in [-0.05, 0) is 43.5 Å². The van der Waals surface area contributed by atoms with E-state index >= 15 is 0 Å². The second-order valence-electron chi connectivity index (χ2n) is 6.90. The lowest BCUT2D eigenvalue weighted by atomic mass is 9.74. The first-order valence-corrected chi connectivity index (χ1v) is 8.61. The molecule has 0 spiro atoms. The normalized spacial score (nSPS) is 23.2. The predicted molar refractivity (Wildman–Crippen MR) is 93.4 cm³/mol. The Hall–Kier alpha value is -2.63. The number of amides is 1. The van der Waals surface area contributed by atoms with E-state index in [9.17, 15) is 14.7 Å². The predicted octanol–water partition coefficient (Wildman–Crippen LogP) is 2.56. The molecule has 1 heterocycles. The van der Waals surface area contributed by atoms with Gasteiger partial charge in [-0.25, -0.2) is 4.68 Å². The highest BCUT2D eigenvalue weighted by Crippen LogP contribution is 2.33. The van der Waals surface area contributed by atoms with Crippen molar-refractivity contribution in [1.82, 2.24) is 15.1 Å². The van der Waals surface area contributed by atoms with Crippen LogP contribution in [-0.2, 0) is 16.0 Å². The highest BCUT2D eigenvalue weighted by atomic mass is 16.4. The third-order valence-electron chi connectivity index (χ3n) is 5.00. The van der Waals surface area contributed by atoms with Crippen molar-refractivity contribution < 1.29 is 14.7 Å². The maximum atomic E-state index is 12.4. The van der Waals surface area contributed by atoms with Crippen LogP contribution < -0.4 is 5.32 Å². The number of carboxylic acids is 1. The SMILES string of the molecule is CC1(NC(=O)Cc2ccc(-n3cccn3)cc2)CCCCC1C(=O)O. The van der Waals surface area contributed by atoms with Gasteiger partial charge in [0, 0.05) is 12.4 Å². The average Bonchev–Trinajstić information content (AvgIpc) is 3.09. The number of nitrogens with one attached hydrogen (secondary N) is 1. The standard InChI is InChI=1S/C19H23N3O3/c1-19(10-3-2-5-16(19)18(24)25)21-17(23)13-14-6-8-15(9-7-14)22-12-4-11-20-22/h4,6-9,11-12,16H,2-3,5,10,13H2,1H3,(H,21,23)(H,24,25). The quantitative estimate of drug-likeness (QED) is 0.875. The van der Waals surface area contributed by atoms with Crippen LogP contribution in [0.4, 0.5) is 0 Å². The molecule has 0 aliphatic heterocycles. The van der Waals surface area contributed by atoms with Crippen molar-refractivity contribution in [3.05, 3.63) is 48.3 Å². The van der Waals surface area contributed by atoms with Crippen molar-refractivity contribution in [2.45, 2.75) is 44.6 Å². The molecule has 1 saturated carbocycles.